The number of esters is 1. The largest absolute Gasteiger partial charge is 0.462 e. The molecule has 3 amide bonds. The molecular weight excluding hydrogens is 563 g/mol. The number of ether oxygens (including phenoxy) is 1. The van der Waals surface area contributed by atoms with Gasteiger partial charge < -0.3 is 10.1 Å². The number of carbonyl (C=O) groups is 4. The number of hydrogen-bond donors (Lipinski definition) is 1. The Kier molecular flexibility index (Phi) is 7.31. The van der Waals surface area contributed by atoms with Gasteiger partial charge in [-0.1, -0.05) is 42.2 Å². The highest BCUT2D eigenvalue weighted by atomic mass is 32.2. The summed E-state index contributed by atoms with van der Waals surface area (Å²) in [7, 11) is -3.25. The van der Waals surface area contributed by atoms with Crippen LogP contribution in [0.5, 0.6) is 0 Å². The monoisotopic (exact) mass is 585 g/mol. The molecule has 39 heavy (non-hydrogen) atoms. The highest BCUT2D eigenvalue weighted by Gasteiger charge is 2.46. The van der Waals surface area contributed by atoms with E-state index in [1.165, 1.54) is 21.9 Å². The number of nitrogens with one attached hydrogen (secondary N) is 1. The van der Waals surface area contributed by atoms with E-state index in [4.69, 9.17) is 17.0 Å². The lowest BCUT2D eigenvalue weighted by atomic mass is 10.1. The zero-order chi connectivity index (χ0) is 27.9. The predicted molar refractivity (Wildman–Crippen MR) is 151 cm³/mol. The molecule has 0 saturated carbocycles. The van der Waals surface area contributed by atoms with E-state index in [0.29, 0.717) is 22.5 Å². The Hall–Kier alpha value is -3.55. The number of rotatable bonds is 6. The lowest BCUT2D eigenvalue weighted by Gasteiger charge is -2.21. The third-order valence-corrected chi connectivity index (χ3v) is 9.66. The Bertz CT molecular complexity index is 1550. The number of sulfone groups is 1. The maximum absolute atomic E-state index is 13.6. The molecule has 0 aliphatic carbocycles. The van der Waals surface area contributed by atoms with Crippen molar-refractivity contribution in [3.05, 3.63) is 64.6 Å². The van der Waals surface area contributed by atoms with Gasteiger partial charge in [0.15, 0.2) is 9.84 Å². The van der Waals surface area contributed by atoms with Gasteiger partial charge in [0, 0.05) is 11.3 Å². The van der Waals surface area contributed by atoms with Crippen LogP contribution in [0.15, 0.2) is 53.4 Å². The van der Waals surface area contributed by atoms with Crippen LogP contribution in [0, 0.1) is 0 Å². The second kappa shape index (κ2) is 10.5. The Morgan fingerprint density at radius 1 is 1.10 bits per heavy atom. The summed E-state index contributed by atoms with van der Waals surface area (Å²) < 4.78 is 29.2. The highest BCUT2D eigenvalue weighted by molar-refractivity contribution is 8.26. The summed E-state index contributed by atoms with van der Waals surface area (Å²) in [6.45, 7) is 1.64. The number of amides is 3. The van der Waals surface area contributed by atoms with E-state index in [-0.39, 0.29) is 45.9 Å². The van der Waals surface area contributed by atoms with E-state index in [9.17, 15) is 27.6 Å². The molecule has 1 N–H and O–H groups in total. The molecule has 0 spiro atoms. The van der Waals surface area contributed by atoms with Gasteiger partial charge in [0.05, 0.1) is 45.9 Å². The van der Waals surface area contributed by atoms with Crippen molar-refractivity contribution in [2.24, 2.45) is 0 Å². The second-order valence-electron chi connectivity index (χ2n) is 9.06. The van der Waals surface area contributed by atoms with Crippen molar-refractivity contribution in [1.82, 2.24) is 4.90 Å². The van der Waals surface area contributed by atoms with Crippen molar-refractivity contribution in [2.45, 2.75) is 19.4 Å². The van der Waals surface area contributed by atoms with Crippen molar-refractivity contribution >= 4 is 78.8 Å². The zero-order valence-corrected chi connectivity index (χ0v) is 23.2. The fourth-order valence-corrected chi connectivity index (χ4v) is 7.90. The summed E-state index contributed by atoms with van der Waals surface area (Å²) in [4.78, 5) is 54.5. The molecule has 1 unspecified atom stereocenters. The quantitative estimate of drug-likeness (QED) is 0.309. The first kappa shape index (κ1) is 27.0. The van der Waals surface area contributed by atoms with E-state index in [2.05, 4.69) is 5.32 Å². The Labute approximate surface area is 234 Å². The molecular formula is C26H23N3O7S3. The average molecular weight is 586 g/mol. The number of thiocarbonyl (C=S) groups is 1. The lowest BCUT2D eigenvalue weighted by molar-refractivity contribution is -0.123. The third-order valence-electron chi connectivity index (χ3n) is 6.50. The van der Waals surface area contributed by atoms with Gasteiger partial charge in [0.2, 0.25) is 5.91 Å². The first-order chi connectivity index (χ1) is 18.6. The summed E-state index contributed by atoms with van der Waals surface area (Å²) in [5, 5.41) is 2.71. The average Bonchev–Trinajstić information content (AvgIpc) is 3.49. The molecule has 2 saturated heterocycles. The van der Waals surface area contributed by atoms with E-state index in [1.807, 2.05) is 0 Å². The van der Waals surface area contributed by atoms with Crippen LogP contribution in [0.25, 0.3) is 5.57 Å². The standard InChI is InChI=1S/C26H23N3O7S3/c1-2-36-25(33)15-7-9-16(10-8-15)27-20(30)13-28-19-6-4-3-5-18(19)21(23(28)31)22-24(32)29(26(37)38-22)17-11-12-39(34,35)14-17/h3-10,17H,2,11-14H2,1H3,(H,27,30). The molecule has 3 aliphatic rings. The van der Waals surface area contributed by atoms with E-state index < -0.39 is 39.6 Å². The molecule has 202 valence electrons. The number of hydrogen-bond acceptors (Lipinski definition) is 9. The third kappa shape index (κ3) is 5.21. The molecule has 1 atom stereocenters. The topological polar surface area (TPSA) is 130 Å². The molecule has 0 radical (unpaired) electrons. The van der Waals surface area contributed by atoms with Crippen molar-refractivity contribution in [2.75, 3.05) is 34.9 Å². The molecule has 3 aliphatic heterocycles. The molecule has 13 heteroatoms. The molecule has 0 aromatic heterocycles. The fraction of sp³-hybridized carbons (Fsp3) is 0.269. The lowest BCUT2D eigenvalue weighted by Crippen LogP contribution is -2.39. The number of fused-ring (bicyclic) bond motifs is 1. The number of para-hydroxylation sites is 1. The molecule has 2 aromatic carbocycles. The van der Waals surface area contributed by atoms with Gasteiger partial charge in [0.1, 0.15) is 10.9 Å². The van der Waals surface area contributed by atoms with E-state index >= 15 is 0 Å². The Morgan fingerprint density at radius 3 is 2.49 bits per heavy atom. The number of anilines is 2. The van der Waals surface area contributed by atoms with Crippen LogP contribution in [-0.2, 0) is 29.0 Å². The molecule has 3 heterocycles. The highest BCUT2D eigenvalue weighted by Crippen LogP contribution is 2.45. The zero-order valence-electron chi connectivity index (χ0n) is 20.7. The van der Waals surface area contributed by atoms with Crippen molar-refractivity contribution in [3.63, 3.8) is 0 Å². The summed E-state index contributed by atoms with van der Waals surface area (Å²) in [5.74, 6) is -2.16. The maximum atomic E-state index is 13.6. The molecule has 0 bridgehead atoms. The molecule has 2 aromatic rings. The van der Waals surface area contributed by atoms with Crippen LogP contribution in [0.3, 0.4) is 0 Å². The summed E-state index contributed by atoms with van der Waals surface area (Å²) >= 11 is 6.38. The van der Waals surface area contributed by atoms with Crippen LogP contribution < -0.4 is 10.2 Å². The van der Waals surface area contributed by atoms with Crippen molar-refractivity contribution in [3.8, 4) is 0 Å². The van der Waals surface area contributed by atoms with E-state index in [1.54, 1.807) is 43.3 Å². The van der Waals surface area contributed by atoms with Gasteiger partial charge in [-0.3, -0.25) is 24.2 Å². The summed E-state index contributed by atoms with van der Waals surface area (Å²) in [6.07, 6.45) is 0.287. The minimum atomic E-state index is -3.25. The molecule has 5 rings (SSSR count). The SMILES string of the molecule is CCOC(=O)c1ccc(NC(=O)CN2C(=O)C(=C3SC(=S)N(C4CCS(=O)(=O)C4)C3=O)c3ccccc32)cc1. The van der Waals surface area contributed by atoms with E-state index in [0.717, 1.165) is 11.8 Å². The van der Waals surface area contributed by atoms with Gasteiger partial charge >= 0.3 is 5.97 Å². The Balaban J connectivity index is 1.37. The maximum Gasteiger partial charge on any atom is 0.338 e. The van der Waals surface area contributed by atoms with Gasteiger partial charge in [0.25, 0.3) is 11.8 Å². The van der Waals surface area contributed by atoms with Crippen LogP contribution in [0.2, 0.25) is 0 Å². The number of benzene rings is 2. The smallest absolute Gasteiger partial charge is 0.338 e. The summed E-state index contributed by atoms with van der Waals surface area (Å²) in [5.41, 5.74) is 1.88. The van der Waals surface area contributed by atoms with Crippen molar-refractivity contribution in [1.29, 1.82) is 0 Å². The van der Waals surface area contributed by atoms with Gasteiger partial charge in [-0.05, 0) is 43.7 Å². The van der Waals surface area contributed by atoms with Gasteiger partial charge in [-0.2, -0.15) is 0 Å². The van der Waals surface area contributed by atoms with Gasteiger partial charge in [-0.25, -0.2) is 13.2 Å². The number of carbonyl (C=O) groups excluding carboxylic acids is 4. The molecule has 10 nitrogen and oxygen atoms in total. The first-order valence-corrected chi connectivity index (χ1v) is 15.1. The van der Waals surface area contributed by atoms with Crippen LogP contribution >= 0.6 is 24.0 Å². The second-order valence-corrected chi connectivity index (χ2v) is 12.9. The number of nitrogens with zero attached hydrogens (tertiary/aromatic N) is 2. The number of thioether (sulfide) groups is 1. The minimum absolute atomic E-state index is 0.0170. The van der Waals surface area contributed by atoms with Crippen LogP contribution in [-0.4, -0.2) is 72.0 Å². The van der Waals surface area contributed by atoms with Crippen molar-refractivity contribution < 1.29 is 32.3 Å². The minimum Gasteiger partial charge on any atom is -0.462 e. The van der Waals surface area contributed by atoms with Crippen LogP contribution in [0.1, 0.15) is 29.3 Å². The first-order valence-electron chi connectivity index (χ1n) is 12.1. The Morgan fingerprint density at radius 2 is 1.82 bits per heavy atom. The molecule has 2 fully saturated rings. The van der Waals surface area contributed by atoms with Crippen LogP contribution in [0.4, 0.5) is 11.4 Å². The normalized spacial score (nSPS) is 21.9. The van der Waals surface area contributed by atoms with Gasteiger partial charge in [-0.15, -0.1) is 0 Å². The summed E-state index contributed by atoms with van der Waals surface area (Å²) in [6, 6.07) is 12.4. The predicted octanol–water partition coefficient (Wildman–Crippen LogP) is 2.61. The fourth-order valence-electron chi connectivity index (χ4n) is 4.73.